The Labute approximate surface area is 249 Å². The standard InChI is InChI=1S/C32H45N3O7/c1-5-6-16-34(17-9-15-33(2)3)30(36)21-35-20-24(23-12-13-28-29(19-23)42-22-41-28)31(32(37)38)25(35)14-18-40-27-11-8-7-10-26(27)39-4/h7-8,10-13,19,24-25,31H,5-6,9,14-18,20-22H2,1-4H3,(H,37,38)/t24-,25+,31-/m1/s1. The number of carbonyl (C=O) groups is 2. The van der Waals surface area contributed by atoms with Crippen molar-refractivity contribution in [2.45, 2.75) is 44.6 Å². The van der Waals surface area contributed by atoms with Crippen molar-refractivity contribution in [3.8, 4) is 23.0 Å². The maximum Gasteiger partial charge on any atom is 0.308 e. The first kappa shape index (κ1) is 31.4. The Morgan fingerprint density at radius 3 is 2.48 bits per heavy atom. The number of carboxylic acid groups (broad SMARTS) is 1. The molecule has 0 saturated carbocycles. The highest BCUT2D eigenvalue weighted by atomic mass is 16.7. The molecule has 0 aromatic heterocycles. The van der Waals surface area contributed by atoms with Gasteiger partial charge in [-0.2, -0.15) is 0 Å². The van der Waals surface area contributed by atoms with Crippen LogP contribution in [0.15, 0.2) is 42.5 Å². The minimum absolute atomic E-state index is 0.0355. The zero-order valence-corrected chi connectivity index (χ0v) is 25.3. The van der Waals surface area contributed by atoms with Crippen LogP contribution in [0.4, 0.5) is 0 Å². The van der Waals surface area contributed by atoms with Crippen molar-refractivity contribution in [1.82, 2.24) is 14.7 Å². The van der Waals surface area contributed by atoms with E-state index >= 15 is 0 Å². The number of nitrogens with zero attached hydrogens (tertiary/aromatic N) is 3. The van der Waals surface area contributed by atoms with Crippen molar-refractivity contribution in [3.63, 3.8) is 0 Å². The molecule has 1 N–H and O–H groups in total. The number of hydrogen-bond acceptors (Lipinski definition) is 8. The molecule has 2 aromatic carbocycles. The van der Waals surface area contributed by atoms with Crippen LogP contribution in [0.3, 0.4) is 0 Å². The van der Waals surface area contributed by atoms with E-state index in [4.69, 9.17) is 18.9 Å². The van der Waals surface area contributed by atoms with Gasteiger partial charge in [0.2, 0.25) is 12.7 Å². The molecule has 2 aliphatic heterocycles. The third-order valence-corrected chi connectivity index (χ3v) is 8.10. The number of carboxylic acids is 1. The number of ether oxygens (including phenoxy) is 4. The van der Waals surface area contributed by atoms with Crippen molar-refractivity contribution in [3.05, 3.63) is 48.0 Å². The van der Waals surface area contributed by atoms with Crippen molar-refractivity contribution < 1.29 is 33.6 Å². The highest BCUT2D eigenvalue weighted by Gasteiger charge is 2.47. The first-order chi connectivity index (χ1) is 20.3. The normalized spacial score (nSPS) is 19.7. The number of likely N-dealkylation sites (tertiary alicyclic amines) is 1. The molecule has 2 aliphatic rings. The van der Waals surface area contributed by atoms with Crippen LogP contribution in [-0.4, -0.2) is 105 Å². The van der Waals surface area contributed by atoms with E-state index in [0.717, 1.165) is 31.4 Å². The second-order valence-corrected chi connectivity index (χ2v) is 11.3. The van der Waals surface area contributed by atoms with Crippen LogP contribution >= 0.6 is 0 Å². The number of aliphatic carboxylic acids is 1. The van der Waals surface area contributed by atoms with Gasteiger partial charge in [0.1, 0.15) is 0 Å². The number of hydrogen-bond donors (Lipinski definition) is 1. The third-order valence-electron chi connectivity index (χ3n) is 8.10. The Morgan fingerprint density at radius 2 is 1.76 bits per heavy atom. The van der Waals surface area contributed by atoms with Gasteiger partial charge in [-0.3, -0.25) is 14.5 Å². The first-order valence-electron chi connectivity index (χ1n) is 14.9. The molecule has 0 spiro atoms. The Hall–Kier alpha value is -3.50. The van der Waals surface area contributed by atoms with Gasteiger partial charge in [0, 0.05) is 31.6 Å². The van der Waals surface area contributed by atoms with Gasteiger partial charge in [0.25, 0.3) is 0 Å². The molecule has 3 atom stereocenters. The van der Waals surface area contributed by atoms with Crippen LogP contribution in [-0.2, 0) is 9.59 Å². The summed E-state index contributed by atoms with van der Waals surface area (Å²) in [6.07, 6.45) is 3.26. The van der Waals surface area contributed by atoms with Crippen LogP contribution in [0.25, 0.3) is 0 Å². The fourth-order valence-corrected chi connectivity index (χ4v) is 5.92. The van der Waals surface area contributed by atoms with E-state index in [0.29, 0.717) is 49.1 Å². The first-order valence-corrected chi connectivity index (χ1v) is 14.9. The molecule has 230 valence electrons. The summed E-state index contributed by atoms with van der Waals surface area (Å²) < 4.78 is 22.5. The SMILES string of the molecule is CCCCN(CCCN(C)C)C(=O)CN1C[C@H](c2ccc3c(c2)OCO3)[C@@H](C(=O)O)[C@@H]1CCOc1ccccc1OC. The predicted molar refractivity (Wildman–Crippen MR) is 160 cm³/mol. The molecule has 4 rings (SSSR count). The zero-order chi connectivity index (χ0) is 30.1. The lowest BCUT2D eigenvalue weighted by molar-refractivity contribution is -0.144. The molecule has 10 heteroatoms. The number of para-hydroxylation sites is 2. The maximum atomic E-state index is 13.7. The largest absolute Gasteiger partial charge is 0.493 e. The lowest BCUT2D eigenvalue weighted by atomic mass is 9.84. The van der Waals surface area contributed by atoms with E-state index in [-0.39, 0.29) is 31.8 Å². The Kier molecular flexibility index (Phi) is 11.3. The second kappa shape index (κ2) is 15.1. The molecule has 2 aromatic rings. The minimum atomic E-state index is -0.885. The zero-order valence-electron chi connectivity index (χ0n) is 25.3. The van der Waals surface area contributed by atoms with E-state index in [2.05, 4.69) is 11.8 Å². The number of benzene rings is 2. The van der Waals surface area contributed by atoms with Crippen molar-refractivity contribution >= 4 is 11.9 Å². The van der Waals surface area contributed by atoms with Crippen molar-refractivity contribution in [2.24, 2.45) is 5.92 Å². The summed E-state index contributed by atoms with van der Waals surface area (Å²) in [5.74, 6) is 0.600. The molecule has 0 bridgehead atoms. The van der Waals surface area contributed by atoms with E-state index in [1.54, 1.807) is 7.11 Å². The van der Waals surface area contributed by atoms with Gasteiger partial charge in [-0.05, 0) is 69.7 Å². The Bertz CT molecular complexity index is 1190. The average molecular weight is 584 g/mol. The van der Waals surface area contributed by atoms with E-state index in [1.165, 1.54) is 0 Å². The fraction of sp³-hybridized carbons (Fsp3) is 0.562. The maximum absolute atomic E-state index is 13.7. The molecule has 1 saturated heterocycles. The number of unbranched alkanes of at least 4 members (excludes halogenated alkanes) is 1. The highest BCUT2D eigenvalue weighted by Crippen LogP contribution is 2.43. The molecule has 10 nitrogen and oxygen atoms in total. The van der Waals surface area contributed by atoms with Gasteiger partial charge in [-0.15, -0.1) is 0 Å². The number of fused-ring (bicyclic) bond motifs is 1. The molecular weight excluding hydrogens is 538 g/mol. The Morgan fingerprint density at radius 1 is 1.02 bits per heavy atom. The van der Waals surface area contributed by atoms with Gasteiger partial charge in [0.05, 0.1) is 26.2 Å². The molecule has 0 unspecified atom stereocenters. The average Bonchev–Trinajstić information content (AvgIpc) is 3.59. The van der Waals surface area contributed by atoms with Gasteiger partial charge in [-0.25, -0.2) is 0 Å². The Balaban J connectivity index is 1.56. The van der Waals surface area contributed by atoms with Crippen LogP contribution in [0.1, 0.15) is 44.1 Å². The van der Waals surface area contributed by atoms with Crippen LogP contribution < -0.4 is 18.9 Å². The smallest absolute Gasteiger partial charge is 0.308 e. The summed E-state index contributed by atoms with van der Waals surface area (Å²) in [6, 6.07) is 12.6. The quantitative estimate of drug-likeness (QED) is 0.315. The highest BCUT2D eigenvalue weighted by molar-refractivity contribution is 5.79. The molecule has 2 heterocycles. The summed E-state index contributed by atoms with van der Waals surface area (Å²) >= 11 is 0. The lowest BCUT2D eigenvalue weighted by Gasteiger charge is -2.30. The van der Waals surface area contributed by atoms with Crippen LogP contribution in [0, 0.1) is 5.92 Å². The summed E-state index contributed by atoms with van der Waals surface area (Å²) in [4.78, 5) is 32.7. The van der Waals surface area contributed by atoms with Crippen molar-refractivity contribution in [2.75, 3.05) is 67.3 Å². The second-order valence-electron chi connectivity index (χ2n) is 11.3. The van der Waals surface area contributed by atoms with Gasteiger partial charge >= 0.3 is 5.97 Å². The minimum Gasteiger partial charge on any atom is -0.493 e. The summed E-state index contributed by atoms with van der Waals surface area (Å²) in [5.41, 5.74) is 0.867. The lowest BCUT2D eigenvalue weighted by Crippen LogP contribution is -2.45. The van der Waals surface area contributed by atoms with Crippen LogP contribution in [0.2, 0.25) is 0 Å². The van der Waals surface area contributed by atoms with E-state index in [1.807, 2.05) is 66.4 Å². The summed E-state index contributed by atoms with van der Waals surface area (Å²) in [7, 11) is 5.65. The van der Waals surface area contributed by atoms with Gasteiger partial charge < -0.3 is 33.9 Å². The number of rotatable bonds is 16. The van der Waals surface area contributed by atoms with E-state index < -0.39 is 17.9 Å². The molecule has 0 aliphatic carbocycles. The number of amides is 1. The number of carbonyl (C=O) groups excluding carboxylic acids is 1. The van der Waals surface area contributed by atoms with E-state index in [9.17, 15) is 14.7 Å². The number of methoxy groups -OCH3 is 1. The molecular formula is C32H45N3O7. The van der Waals surface area contributed by atoms with Crippen LogP contribution in [0.5, 0.6) is 23.0 Å². The summed E-state index contributed by atoms with van der Waals surface area (Å²) in [6.45, 7) is 5.44. The predicted octanol–water partition coefficient (Wildman–Crippen LogP) is 3.94. The molecule has 1 amide bonds. The summed E-state index contributed by atoms with van der Waals surface area (Å²) in [5, 5.41) is 10.5. The fourth-order valence-electron chi connectivity index (χ4n) is 5.92. The molecule has 1 fully saturated rings. The monoisotopic (exact) mass is 583 g/mol. The molecule has 42 heavy (non-hydrogen) atoms. The topological polar surface area (TPSA) is 101 Å². The third kappa shape index (κ3) is 7.86. The van der Waals surface area contributed by atoms with Gasteiger partial charge in [0.15, 0.2) is 23.0 Å². The molecule has 0 radical (unpaired) electrons. The van der Waals surface area contributed by atoms with Gasteiger partial charge in [-0.1, -0.05) is 31.5 Å². The van der Waals surface area contributed by atoms with Crippen molar-refractivity contribution in [1.29, 1.82) is 0 Å².